The summed E-state index contributed by atoms with van der Waals surface area (Å²) in [6.45, 7) is 0. The lowest BCUT2D eigenvalue weighted by molar-refractivity contribution is 0.587. The van der Waals surface area contributed by atoms with Gasteiger partial charge in [-0.15, -0.1) is 0 Å². The molecule has 0 aliphatic carbocycles. The zero-order chi connectivity index (χ0) is 13.1. The molecule has 0 aliphatic heterocycles. The first kappa shape index (κ1) is 11.5. The van der Waals surface area contributed by atoms with Gasteiger partial charge in [-0.1, -0.05) is 42.5 Å². The number of hydrogen-bond donors (Lipinski definition) is 1. The first-order valence-corrected chi connectivity index (χ1v) is 5.86. The third kappa shape index (κ3) is 2.47. The Balaban J connectivity index is 1.85. The number of anilines is 2. The molecule has 0 amide bonds. The SMILES string of the molecule is Fc1ccccc1Nc1ncc(-c2ccccc2)o1. The Bertz CT molecular complexity index is 679. The summed E-state index contributed by atoms with van der Waals surface area (Å²) in [5.74, 6) is 0.293. The van der Waals surface area contributed by atoms with E-state index in [0.717, 1.165) is 5.56 Å². The van der Waals surface area contributed by atoms with Gasteiger partial charge in [0.25, 0.3) is 6.01 Å². The highest BCUT2D eigenvalue weighted by molar-refractivity contribution is 5.59. The summed E-state index contributed by atoms with van der Waals surface area (Å²) in [5.41, 5.74) is 1.26. The summed E-state index contributed by atoms with van der Waals surface area (Å²) in [5, 5.41) is 2.81. The van der Waals surface area contributed by atoms with Crippen LogP contribution in [0.15, 0.2) is 65.2 Å². The van der Waals surface area contributed by atoms with Gasteiger partial charge in [0.2, 0.25) is 0 Å². The molecule has 19 heavy (non-hydrogen) atoms. The van der Waals surface area contributed by atoms with Crippen LogP contribution in [0.2, 0.25) is 0 Å². The predicted octanol–water partition coefficient (Wildman–Crippen LogP) is 4.22. The van der Waals surface area contributed by atoms with Crippen LogP contribution in [0.1, 0.15) is 0 Å². The molecule has 0 fully saturated rings. The molecule has 0 bridgehead atoms. The van der Waals surface area contributed by atoms with Crippen molar-refractivity contribution in [1.82, 2.24) is 4.98 Å². The van der Waals surface area contributed by atoms with Crippen LogP contribution in [0.5, 0.6) is 0 Å². The van der Waals surface area contributed by atoms with Crippen LogP contribution in [0.4, 0.5) is 16.1 Å². The lowest BCUT2D eigenvalue weighted by atomic mass is 10.2. The highest BCUT2D eigenvalue weighted by atomic mass is 19.1. The first-order chi connectivity index (χ1) is 9.33. The van der Waals surface area contributed by atoms with E-state index in [4.69, 9.17) is 4.42 Å². The second-order valence-corrected chi connectivity index (χ2v) is 4.00. The summed E-state index contributed by atoms with van der Waals surface area (Å²) >= 11 is 0. The number of para-hydroxylation sites is 1. The van der Waals surface area contributed by atoms with E-state index in [9.17, 15) is 4.39 Å². The standard InChI is InChI=1S/C15H11FN2O/c16-12-8-4-5-9-13(12)18-15-17-10-14(19-15)11-6-2-1-3-7-11/h1-10H,(H,17,18). The van der Waals surface area contributed by atoms with Crippen LogP contribution in [0.25, 0.3) is 11.3 Å². The molecule has 94 valence electrons. The molecule has 1 heterocycles. The number of halogens is 1. The topological polar surface area (TPSA) is 38.1 Å². The van der Waals surface area contributed by atoms with Crippen LogP contribution < -0.4 is 5.32 Å². The molecule has 1 N–H and O–H groups in total. The van der Waals surface area contributed by atoms with E-state index in [2.05, 4.69) is 10.3 Å². The van der Waals surface area contributed by atoms with Crippen molar-refractivity contribution in [3.05, 3.63) is 66.6 Å². The first-order valence-electron chi connectivity index (χ1n) is 5.86. The molecule has 1 aromatic heterocycles. The number of hydrogen-bond acceptors (Lipinski definition) is 3. The van der Waals surface area contributed by atoms with E-state index >= 15 is 0 Å². The number of benzene rings is 2. The summed E-state index contributed by atoms with van der Waals surface area (Å²) in [6, 6.07) is 16.3. The molecule has 0 atom stereocenters. The fraction of sp³-hybridized carbons (Fsp3) is 0. The normalized spacial score (nSPS) is 10.4. The fourth-order valence-electron chi connectivity index (χ4n) is 1.75. The Morgan fingerprint density at radius 3 is 2.47 bits per heavy atom. The van der Waals surface area contributed by atoms with E-state index in [1.807, 2.05) is 30.3 Å². The zero-order valence-corrected chi connectivity index (χ0v) is 10.0. The molecule has 0 saturated heterocycles. The van der Waals surface area contributed by atoms with Crippen LogP contribution in [0.3, 0.4) is 0 Å². The van der Waals surface area contributed by atoms with Crippen LogP contribution in [0, 0.1) is 5.82 Å². The fourth-order valence-corrected chi connectivity index (χ4v) is 1.75. The van der Waals surface area contributed by atoms with Crippen molar-refractivity contribution in [3.8, 4) is 11.3 Å². The Morgan fingerprint density at radius 2 is 1.68 bits per heavy atom. The second kappa shape index (κ2) is 4.94. The quantitative estimate of drug-likeness (QED) is 0.760. The molecular formula is C15H11FN2O. The van der Waals surface area contributed by atoms with Gasteiger partial charge < -0.3 is 9.73 Å². The number of nitrogens with one attached hydrogen (secondary N) is 1. The minimum absolute atomic E-state index is 0.268. The summed E-state index contributed by atoms with van der Waals surface area (Å²) < 4.78 is 19.0. The highest BCUT2D eigenvalue weighted by Gasteiger charge is 2.07. The third-order valence-electron chi connectivity index (χ3n) is 2.68. The Hall–Kier alpha value is -2.62. The molecule has 4 heteroatoms. The number of oxazole rings is 1. The number of aromatic nitrogens is 1. The van der Waals surface area contributed by atoms with E-state index in [1.54, 1.807) is 24.4 Å². The lowest BCUT2D eigenvalue weighted by Gasteiger charge is -2.02. The lowest BCUT2D eigenvalue weighted by Crippen LogP contribution is -1.92. The molecule has 0 radical (unpaired) electrons. The van der Waals surface area contributed by atoms with Crippen LogP contribution in [-0.2, 0) is 0 Å². The van der Waals surface area contributed by atoms with Gasteiger partial charge in [0, 0.05) is 5.56 Å². The van der Waals surface area contributed by atoms with Crippen molar-refractivity contribution in [2.24, 2.45) is 0 Å². The maximum Gasteiger partial charge on any atom is 0.299 e. The van der Waals surface area contributed by atoms with Crippen molar-refractivity contribution in [2.45, 2.75) is 0 Å². The van der Waals surface area contributed by atoms with Gasteiger partial charge in [0.15, 0.2) is 5.76 Å². The van der Waals surface area contributed by atoms with Gasteiger partial charge in [-0.05, 0) is 12.1 Å². The molecule has 3 rings (SSSR count). The Morgan fingerprint density at radius 1 is 0.947 bits per heavy atom. The van der Waals surface area contributed by atoms with Crippen molar-refractivity contribution < 1.29 is 8.81 Å². The Kier molecular flexibility index (Phi) is 2.98. The average Bonchev–Trinajstić information content (AvgIpc) is 2.91. The van der Waals surface area contributed by atoms with Gasteiger partial charge >= 0.3 is 0 Å². The maximum atomic E-state index is 13.5. The molecule has 3 aromatic rings. The molecule has 3 nitrogen and oxygen atoms in total. The average molecular weight is 254 g/mol. The zero-order valence-electron chi connectivity index (χ0n) is 10.0. The molecule has 0 saturated carbocycles. The van der Waals surface area contributed by atoms with E-state index in [0.29, 0.717) is 11.4 Å². The maximum absolute atomic E-state index is 13.5. The third-order valence-corrected chi connectivity index (χ3v) is 2.68. The highest BCUT2D eigenvalue weighted by Crippen LogP contribution is 2.24. The van der Waals surface area contributed by atoms with Gasteiger partial charge in [-0.2, -0.15) is 0 Å². The predicted molar refractivity (Wildman–Crippen MR) is 71.6 cm³/mol. The number of rotatable bonds is 3. The van der Waals surface area contributed by atoms with Crippen molar-refractivity contribution >= 4 is 11.7 Å². The smallest absolute Gasteiger partial charge is 0.299 e. The van der Waals surface area contributed by atoms with Crippen molar-refractivity contribution in [1.29, 1.82) is 0 Å². The molecular weight excluding hydrogens is 243 g/mol. The number of nitrogens with zero attached hydrogens (tertiary/aromatic N) is 1. The van der Waals surface area contributed by atoms with Crippen molar-refractivity contribution in [3.63, 3.8) is 0 Å². The van der Waals surface area contributed by atoms with Gasteiger partial charge in [-0.3, -0.25) is 0 Å². The van der Waals surface area contributed by atoms with Crippen molar-refractivity contribution in [2.75, 3.05) is 5.32 Å². The van der Waals surface area contributed by atoms with Crippen LogP contribution in [-0.4, -0.2) is 4.98 Å². The van der Waals surface area contributed by atoms with Gasteiger partial charge in [-0.25, -0.2) is 9.37 Å². The van der Waals surface area contributed by atoms with Gasteiger partial charge in [0.1, 0.15) is 5.82 Å². The summed E-state index contributed by atoms with van der Waals surface area (Å²) in [7, 11) is 0. The van der Waals surface area contributed by atoms with E-state index in [-0.39, 0.29) is 11.8 Å². The summed E-state index contributed by atoms with van der Waals surface area (Å²) in [4.78, 5) is 4.08. The summed E-state index contributed by atoms with van der Waals surface area (Å²) in [6.07, 6.45) is 1.61. The Labute approximate surface area is 109 Å². The van der Waals surface area contributed by atoms with Gasteiger partial charge in [0.05, 0.1) is 11.9 Å². The molecule has 0 aliphatic rings. The molecule has 0 spiro atoms. The minimum Gasteiger partial charge on any atom is -0.423 e. The van der Waals surface area contributed by atoms with Crippen LogP contribution >= 0.6 is 0 Å². The van der Waals surface area contributed by atoms with E-state index < -0.39 is 0 Å². The minimum atomic E-state index is -0.345. The molecule has 2 aromatic carbocycles. The second-order valence-electron chi connectivity index (χ2n) is 4.00. The monoisotopic (exact) mass is 254 g/mol. The van der Waals surface area contributed by atoms with E-state index in [1.165, 1.54) is 6.07 Å². The largest absolute Gasteiger partial charge is 0.423 e. The molecule has 0 unspecified atom stereocenters.